The van der Waals surface area contributed by atoms with Gasteiger partial charge < -0.3 is 14.7 Å². The average molecular weight is 387 g/mol. The van der Waals surface area contributed by atoms with Crippen LogP contribution in [-0.2, 0) is 13.1 Å². The van der Waals surface area contributed by atoms with Crippen LogP contribution in [0.5, 0.6) is 5.75 Å². The van der Waals surface area contributed by atoms with E-state index in [-0.39, 0.29) is 5.82 Å². The van der Waals surface area contributed by atoms with Gasteiger partial charge >= 0.3 is 0 Å². The Morgan fingerprint density at radius 3 is 2.59 bits per heavy atom. The Morgan fingerprint density at radius 1 is 1.00 bits per heavy atom. The molecule has 0 bridgehead atoms. The summed E-state index contributed by atoms with van der Waals surface area (Å²) in [5.41, 5.74) is 7.32. The Morgan fingerprint density at radius 2 is 1.76 bits per heavy atom. The van der Waals surface area contributed by atoms with E-state index in [1.807, 2.05) is 54.7 Å². The third-order valence-corrected chi connectivity index (χ3v) is 4.84. The van der Waals surface area contributed by atoms with Crippen LogP contribution in [0.4, 0.5) is 4.39 Å². The maximum Gasteiger partial charge on any atom is 0.123 e. The summed E-state index contributed by atoms with van der Waals surface area (Å²) in [5.74, 6) is 0.617. The number of hydrazone groups is 1. The molecule has 0 saturated heterocycles. The van der Waals surface area contributed by atoms with E-state index in [4.69, 9.17) is 4.74 Å². The Kier molecular flexibility index (Phi) is 5.56. The fourth-order valence-corrected chi connectivity index (χ4v) is 3.39. The number of para-hydroxylation sites is 2. The van der Waals surface area contributed by atoms with Crippen molar-refractivity contribution in [2.75, 3.05) is 7.11 Å². The third-order valence-electron chi connectivity index (χ3n) is 4.84. The van der Waals surface area contributed by atoms with Gasteiger partial charge in [-0.3, -0.25) is 0 Å². The highest BCUT2D eigenvalue weighted by atomic mass is 19.1. The zero-order valence-corrected chi connectivity index (χ0v) is 16.2. The Hall–Kier alpha value is -3.60. The summed E-state index contributed by atoms with van der Waals surface area (Å²) in [6.45, 7) is 1.25. The van der Waals surface area contributed by atoms with Crippen molar-refractivity contribution in [2.45, 2.75) is 13.1 Å². The summed E-state index contributed by atoms with van der Waals surface area (Å²) in [7, 11) is 1.66. The molecule has 4 nitrogen and oxygen atoms in total. The molecular formula is C24H22FN3O. The van der Waals surface area contributed by atoms with Gasteiger partial charge in [0, 0.05) is 34.8 Å². The summed E-state index contributed by atoms with van der Waals surface area (Å²) in [4.78, 5) is 0. The Labute approximate surface area is 169 Å². The standard InChI is InChI=1S/C24H22FN3O/c1-29-24-9-5-2-6-19(24)14-26-27-15-20-17-28(23-8-4-3-7-22(20)23)16-18-10-12-21(25)13-11-18/h2-13,15,17,26H,14,16H2,1H3/b27-15+. The van der Waals surface area contributed by atoms with E-state index in [0.717, 1.165) is 33.3 Å². The van der Waals surface area contributed by atoms with E-state index >= 15 is 0 Å². The van der Waals surface area contributed by atoms with E-state index in [0.29, 0.717) is 13.1 Å². The van der Waals surface area contributed by atoms with Gasteiger partial charge in [0.1, 0.15) is 11.6 Å². The average Bonchev–Trinajstić information content (AvgIpc) is 3.10. The zero-order chi connectivity index (χ0) is 20.1. The second-order valence-electron chi connectivity index (χ2n) is 6.76. The number of nitrogens with zero attached hydrogens (tertiary/aromatic N) is 2. The van der Waals surface area contributed by atoms with Crippen molar-refractivity contribution in [3.8, 4) is 5.75 Å². The van der Waals surface area contributed by atoms with E-state index in [2.05, 4.69) is 33.4 Å². The van der Waals surface area contributed by atoms with Crippen molar-refractivity contribution < 1.29 is 9.13 Å². The van der Waals surface area contributed by atoms with Gasteiger partial charge in [0.2, 0.25) is 0 Å². The molecule has 146 valence electrons. The molecule has 0 saturated carbocycles. The molecule has 0 aliphatic carbocycles. The fraction of sp³-hybridized carbons (Fsp3) is 0.125. The predicted octanol–water partition coefficient (Wildman–Crippen LogP) is 4.96. The lowest BCUT2D eigenvalue weighted by Gasteiger charge is -2.07. The van der Waals surface area contributed by atoms with Crippen LogP contribution >= 0.6 is 0 Å². The molecule has 1 N–H and O–H groups in total. The highest BCUT2D eigenvalue weighted by Gasteiger charge is 2.07. The second kappa shape index (κ2) is 8.61. The molecule has 5 heteroatoms. The molecule has 0 spiro atoms. The van der Waals surface area contributed by atoms with Crippen molar-refractivity contribution in [2.24, 2.45) is 5.10 Å². The van der Waals surface area contributed by atoms with Crippen molar-refractivity contribution >= 4 is 17.1 Å². The Bertz CT molecular complexity index is 1130. The second-order valence-corrected chi connectivity index (χ2v) is 6.76. The highest BCUT2D eigenvalue weighted by Crippen LogP contribution is 2.21. The van der Waals surface area contributed by atoms with Crippen molar-refractivity contribution in [1.29, 1.82) is 0 Å². The summed E-state index contributed by atoms with van der Waals surface area (Å²) in [6.07, 6.45) is 3.90. The number of methoxy groups -OCH3 is 1. The molecule has 0 radical (unpaired) electrons. The molecule has 29 heavy (non-hydrogen) atoms. The minimum atomic E-state index is -0.222. The molecule has 3 aromatic carbocycles. The number of halogens is 1. The molecule has 0 aliphatic heterocycles. The first kappa shape index (κ1) is 18.7. The number of rotatable bonds is 7. The molecule has 0 atom stereocenters. The van der Waals surface area contributed by atoms with Gasteiger partial charge in [-0.05, 0) is 29.8 Å². The van der Waals surface area contributed by atoms with Crippen molar-refractivity contribution in [1.82, 2.24) is 9.99 Å². The van der Waals surface area contributed by atoms with Gasteiger partial charge in [-0.25, -0.2) is 4.39 Å². The SMILES string of the molecule is COc1ccccc1CN/N=C/c1cn(Cc2ccc(F)cc2)c2ccccc12. The van der Waals surface area contributed by atoms with Crippen LogP contribution in [0.1, 0.15) is 16.7 Å². The molecule has 4 aromatic rings. The van der Waals surface area contributed by atoms with Gasteiger partial charge in [0.05, 0.1) is 19.9 Å². The predicted molar refractivity (Wildman–Crippen MR) is 115 cm³/mol. The first-order valence-electron chi connectivity index (χ1n) is 9.45. The van der Waals surface area contributed by atoms with Crippen LogP contribution in [0, 0.1) is 5.82 Å². The molecule has 0 fully saturated rings. The van der Waals surface area contributed by atoms with E-state index in [1.165, 1.54) is 12.1 Å². The lowest BCUT2D eigenvalue weighted by atomic mass is 10.2. The minimum absolute atomic E-state index is 0.222. The van der Waals surface area contributed by atoms with Gasteiger partial charge in [-0.1, -0.05) is 48.5 Å². The maximum atomic E-state index is 13.2. The quantitative estimate of drug-likeness (QED) is 0.360. The number of aromatic nitrogens is 1. The maximum absolute atomic E-state index is 13.2. The number of nitrogens with one attached hydrogen (secondary N) is 1. The zero-order valence-electron chi connectivity index (χ0n) is 16.2. The lowest BCUT2D eigenvalue weighted by molar-refractivity contribution is 0.408. The van der Waals surface area contributed by atoms with Gasteiger partial charge in [0.15, 0.2) is 0 Å². The Balaban J connectivity index is 1.53. The molecule has 4 rings (SSSR count). The number of ether oxygens (including phenoxy) is 1. The number of fused-ring (bicyclic) bond motifs is 1. The topological polar surface area (TPSA) is 38.5 Å². The van der Waals surface area contributed by atoms with E-state index in [1.54, 1.807) is 7.11 Å². The molecule has 1 heterocycles. The van der Waals surface area contributed by atoms with Crippen molar-refractivity contribution in [3.05, 3.63) is 102 Å². The normalized spacial score (nSPS) is 11.2. The summed E-state index contributed by atoms with van der Waals surface area (Å²) in [6, 6.07) is 22.7. The van der Waals surface area contributed by atoms with Crippen molar-refractivity contribution in [3.63, 3.8) is 0 Å². The molecule has 1 aromatic heterocycles. The van der Waals surface area contributed by atoms with E-state index in [9.17, 15) is 4.39 Å². The van der Waals surface area contributed by atoms with Gasteiger partial charge in [0.25, 0.3) is 0 Å². The van der Waals surface area contributed by atoms with Crippen LogP contribution < -0.4 is 10.2 Å². The monoisotopic (exact) mass is 387 g/mol. The highest BCUT2D eigenvalue weighted by molar-refractivity contribution is 5.99. The van der Waals surface area contributed by atoms with Crippen LogP contribution in [0.2, 0.25) is 0 Å². The smallest absolute Gasteiger partial charge is 0.123 e. The summed E-state index contributed by atoms with van der Waals surface area (Å²) in [5, 5.41) is 5.52. The summed E-state index contributed by atoms with van der Waals surface area (Å²) >= 11 is 0. The molecule has 0 amide bonds. The van der Waals surface area contributed by atoms with Gasteiger partial charge in [-0.15, -0.1) is 0 Å². The number of hydrogen-bond donors (Lipinski definition) is 1. The first-order chi connectivity index (χ1) is 14.2. The lowest BCUT2D eigenvalue weighted by Crippen LogP contribution is -2.06. The molecular weight excluding hydrogens is 365 g/mol. The third kappa shape index (κ3) is 4.29. The van der Waals surface area contributed by atoms with Crippen LogP contribution in [0.25, 0.3) is 10.9 Å². The fourth-order valence-electron chi connectivity index (χ4n) is 3.39. The number of hydrogen-bond acceptors (Lipinski definition) is 3. The molecule has 0 unspecified atom stereocenters. The van der Waals surface area contributed by atoms with Crippen LogP contribution in [0.3, 0.4) is 0 Å². The number of benzene rings is 3. The summed E-state index contributed by atoms with van der Waals surface area (Å²) < 4.78 is 20.7. The minimum Gasteiger partial charge on any atom is -0.496 e. The van der Waals surface area contributed by atoms with Crippen LogP contribution in [0.15, 0.2) is 84.1 Å². The van der Waals surface area contributed by atoms with Gasteiger partial charge in [-0.2, -0.15) is 5.10 Å². The van der Waals surface area contributed by atoms with Crippen LogP contribution in [-0.4, -0.2) is 17.9 Å². The molecule has 0 aliphatic rings. The largest absolute Gasteiger partial charge is 0.496 e. The first-order valence-corrected chi connectivity index (χ1v) is 9.45. The van der Waals surface area contributed by atoms with E-state index < -0.39 is 0 Å².